The molecule has 0 N–H and O–H groups in total. The average molecular weight is 687 g/mol. The van der Waals surface area contributed by atoms with Gasteiger partial charge < -0.3 is 8.98 Å². The number of fused-ring (bicyclic) bond motifs is 6. The molecule has 3 heteroatoms. The second-order valence-corrected chi connectivity index (χ2v) is 14.2. The van der Waals surface area contributed by atoms with E-state index in [-0.39, 0.29) is 0 Å². The number of rotatable bonds is 4. The fourth-order valence-electron chi connectivity index (χ4n) is 9.01. The van der Waals surface area contributed by atoms with Gasteiger partial charge in [-0.1, -0.05) is 140 Å². The van der Waals surface area contributed by atoms with Gasteiger partial charge in [-0.15, -0.1) is 0 Å². The summed E-state index contributed by atoms with van der Waals surface area (Å²) in [6.07, 6.45) is 0. The Morgan fingerprint density at radius 1 is 0.389 bits per heavy atom. The van der Waals surface area contributed by atoms with Crippen LogP contribution in [0.25, 0.3) is 116 Å². The maximum absolute atomic E-state index is 6.91. The molecule has 0 fully saturated rings. The number of nitrogens with zero attached hydrogens (tertiary/aromatic N) is 2. The lowest BCUT2D eigenvalue weighted by molar-refractivity contribution is 0.669. The molecule has 11 aromatic rings. The molecule has 0 radical (unpaired) electrons. The minimum absolute atomic E-state index is 0.829. The SMILES string of the molecule is c1ccc(-c2cc(-c3ccccc3)nc(-c3ccc(-n4c5cccc6c5c5c7c(cccc7ccc54)-c4ccccc4-6)c4c3oc3ccccc34)c2)cc1. The van der Waals surface area contributed by atoms with Crippen LogP contribution in [-0.4, -0.2) is 9.55 Å². The predicted molar refractivity (Wildman–Crippen MR) is 224 cm³/mol. The summed E-state index contributed by atoms with van der Waals surface area (Å²) in [6.45, 7) is 0. The van der Waals surface area contributed by atoms with Gasteiger partial charge in [0.1, 0.15) is 11.2 Å². The lowest BCUT2D eigenvalue weighted by Crippen LogP contribution is -1.97. The molecule has 0 atom stereocenters. The number of aromatic nitrogens is 2. The molecule has 3 heterocycles. The van der Waals surface area contributed by atoms with Gasteiger partial charge in [-0.05, 0) is 86.6 Å². The van der Waals surface area contributed by atoms with Crippen molar-refractivity contribution in [1.82, 2.24) is 9.55 Å². The molecule has 3 aromatic heterocycles. The zero-order chi connectivity index (χ0) is 35.3. The molecule has 0 saturated heterocycles. The molecule has 0 amide bonds. The highest BCUT2D eigenvalue weighted by atomic mass is 16.3. The lowest BCUT2D eigenvalue weighted by Gasteiger charge is -2.15. The summed E-state index contributed by atoms with van der Waals surface area (Å²) in [5, 5.41) is 7.28. The Morgan fingerprint density at radius 2 is 1.04 bits per heavy atom. The molecule has 1 aliphatic carbocycles. The monoisotopic (exact) mass is 686 g/mol. The van der Waals surface area contributed by atoms with Crippen molar-refractivity contribution < 1.29 is 4.42 Å². The molecule has 0 saturated carbocycles. The van der Waals surface area contributed by atoms with E-state index >= 15 is 0 Å². The van der Waals surface area contributed by atoms with Crippen LogP contribution in [-0.2, 0) is 0 Å². The van der Waals surface area contributed by atoms with Crippen molar-refractivity contribution in [1.29, 1.82) is 0 Å². The van der Waals surface area contributed by atoms with Crippen molar-refractivity contribution >= 4 is 54.5 Å². The summed E-state index contributed by atoms with van der Waals surface area (Å²) in [5.41, 5.74) is 16.3. The first kappa shape index (κ1) is 29.4. The standard InChI is InChI=1S/C51H30N2O/c1-3-13-31(14-4-1)34-29-41(32-15-5-2-6-16-32)52-42(30-34)39-26-28-44(49-40-20-9-10-24-46(40)54-51(39)49)53-43-23-12-22-38-36-19-8-7-18-35(36)37-21-11-17-33-25-27-45(53)50(47(33)37)48(38)43/h1-30H. The van der Waals surface area contributed by atoms with Gasteiger partial charge in [0, 0.05) is 27.3 Å². The number of para-hydroxylation sites is 1. The number of furan rings is 1. The summed E-state index contributed by atoms with van der Waals surface area (Å²) in [5.74, 6) is 0. The average Bonchev–Trinajstić information content (AvgIpc) is 3.77. The van der Waals surface area contributed by atoms with Crippen LogP contribution in [0.15, 0.2) is 186 Å². The third-order valence-electron chi connectivity index (χ3n) is 11.3. The fourth-order valence-corrected chi connectivity index (χ4v) is 9.01. The van der Waals surface area contributed by atoms with E-state index in [1.807, 2.05) is 6.07 Å². The summed E-state index contributed by atoms with van der Waals surface area (Å²) in [7, 11) is 0. The van der Waals surface area contributed by atoms with Gasteiger partial charge in [0.05, 0.1) is 33.5 Å². The number of hydrogen-bond acceptors (Lipinski definition) is 2. The fraction of sp³-hybridized carbons (Fsp3) is 0. The highest BCUT2D eigenvalue weighted by molar-refractivity contribution is 6.31. The lowest BCUT2D eigenvalue weighted by atomic mass is 9.93. The second-order valence-electron chi connectivity index (χ2n) is 14.2. The third-order valence-corrected chi connectivity index (χ3v) is 11.3. The molecule has 250 valence electrons. The molecule has 0 bridgehead atoms. The second kappa shape index (κ2) is 11.1. The van der Waals surface area contributed by atoms with E-state index in [0.29, 0.717) is 0 Å². The number of pyridine rings is 1. The van der Waals surface area contributed by atoms with Crippen LogP contribution in [0.4, 0.5) is 0 Å². The van der Waals surface area contributed by atoms with Crippen LogP contribution in [0.1, 0.15) is 0 Å². The number of hydrogen-bond donors (Lipinski definition) is 0. The van der Waals surface area contributed by atoms with E-state index in [1.165, 1.54) is 54.8 Å². The Hall–Kier alpha value is -7.23. The van der Waals surface area contributed by atoms with Crippen molar-refractivity contribution in [3.05, 3.63) is 182 Å². The van der Waals surface area contributed by atoms with Gasteiger partial charge in [0.25, 0.3) is 0 Å². The van der Waals surface area contributed by atoms with E-state index in [9.17, 15) is 0 Å². The quantitative estimate of drug-likeness (QED) is 0.184. The third kappa shape index (κ3) is 4.09. The first-order valence-electron chi connectivity index (χ1n) is 18.5. The Kier molecular flexibility index (Phi) is 6.05. The van der Waals surface area contributed by atoms with E-state index in [1.54, 1.807) is 0 Å². The first-order valence-corrected chi connectivity index (χ1v) is 18.5. The van der Waals surface area contributed by atoms with Crippen molar-refractivity contribution in [2.24, 2.45) is 0 Å². The summed E-state index contributed by atoms with van der Waals surface area (Å²) in [4.78, 5) is 5.33. The molecule has 0 spiro atoms. The topological polar surface area (TPSA) is 31.0 Å². The summed E-state index contributed by atoms with van der Waals surface area (Å²) < 4.78 is 9.38. The molecule has 0 aliphatic heterocycles. The first-order chi connectivity index (χ1) is 26.8. The molecule has 54 heavy (non-hydrogen) atoms. The van der Waals surface area contributed by atoms with Crippen LogP contribution in [0, 0.1) is 0 Å². The van der Waals surface area contributed by atoms with E-state index in [4.69, 9.17) is 9.40 Å². The molecule has 8 aromatic carbocycles. The maximum Gasteiger partial charge on any atom is 0.146 e. The van der Waals surface area contributed by atoms with Crippen molar-refractivity contribution in [3.8, 4) is 61.6 Å². The van der Waals surface area contributed by atoms with Gasteiger partial charge in [0.15, 0.2) is 0 Å². The summed E-state index contributed by atoms with van der Waals surface area (Å²) in [6, 6.07) is 65.2. The largest absolute Gasteiger partial charge is 0.455 e. The minimum Gasteiger partial charge on any atom is -0.455 e. The smallest absolute Gasteiger partial charge is 0.146 e. The Labute approximate surface area is 311 Å². The van der Waals surface area contributed by atoms with Crippen molar-refractivity contribution in [3.63, 3.8) is 0 Å². The zero-order valence-corrected chi connectivity index (χ0v) is 29.1. The van der Waals surface area contributed by atoms with Gasteiger partial charge >= 0.3 is 0 Å². The number of benzene rings is 8. The van der Waals surface area contributed by atoms with E-state index in [2.05, 4.69) is 180 Å². The molecular weight excluding hydrogens is 657 g/mol. The zero-order valence-electron chi connectivity index (χ0n) is 29.1. The summed E-state index contributed by atoms with van der Waals surface area (Å²) >= 11 is 0. The predicted octanol–water partition coefficient (Wildman–Crippen LogP) is 13.9. The van der Waals surface area contributed by atoms with Gasteiger partial charge in [-0.2, -0.15) is 0 Å². The van der Waals surface area contributed by atoms with Crippen LogP contribution in [0.3, 0.4) is 0 Å². The Morgan fingerprint density at radius 3 is 1.85 bits per heavy atom. The van der Waals surface area contributed by atoms with E-state index < -0.39 is 0 Å². The maximum atomic E-state index is 6.91. The highest BCUT2D eigenvalue weighted by Crippen LogP contribution is 2.51. The van der Waals surface area contributed by atoms with Gasteiger partial charge in [-0.25, -0.2) is 4.98 Å². The normalized spacial score (nSPS) is 12.1. The van der Waals surface area contributed by atoms with Crippen LogP contribution >= 0.6 is 0 Å². The molecule has 1 aliphatic rings. The van der Waals surface area contributed by atoms with Gasteiger partial charge in [0.2, 0.25) is 0 Å². The molecule has 0 unspecified atom stereocenters. The molecule has 3 nitrogen and oxygen atoms in total. The van der Waals surface area contributed by atoms with Crippen LogP contribution in [0.2, 0.25) is 0 Å². The van der Waals surface area contributed by atoms with Crippen molar-refractivity contribution in [2.45, 2.75) is 0 Å². The van der Waals surface area contributed by atoms with Gasteiger partial charge in [-0.3, -0.25) is 0 Å². The Balaban J connectivity index is 1.19. The van der Waals surface area contributed by atoms with E-state index in [0.717, 1.165) is 61.3 Å². The highest BCUT2D eigenvalue weighted by Gasteiger charge is 2.27. The molecule has 12 rings (SSSR count). The molecular formula is C51H30N2O. The Bertz CT molecular complexity index is 3260. The van der Waals surface area contributed by atoms with Crippen LogP contribution < -0.4 is 0 Å². The minimum atomic E-state index is 0.829. The van der Waals surface area contributed by atoms with Crippen molar-refractivity contribution in [2.75, 3.05) is 0 Å². The van der Waals surface area contributed by atoms with Crippen LogP contribution in [0.5, 0.6) is 0 Å².